The van der Waals surface area contributed by atoms with E-state index in [4.69, 9.17) is 0 Å². The molecule has 22 heavy (non-hydrogen) atoms. The van der Waals surface area contributed by atoms with Crippen LogP contribution in [0.25, 0.3) is 0 Å². The first-order chi connectivity index (χ1) is 10.5. The van der Waals surface area contributed by atoms with Gasteiger partial charge in [0, 0.05) is 12.5 Å². The van der Waals surface area contributed by atoms with Crippen LogP contribution in [0.1, 0.15) is 11.1 Å². The van der Waals surface area contributed by atoms with E-state index in [1.807, 2.05) is 37.3 Å². The molecule has 0 bridgehead atoms. The molecule has 2 aromatic carbocycles. The number of aryl methyl sites for hydroxylation is 1. The smallest absolute Gasteiger partial charge is 0.240 e. The Balaban J connectivity index is 2.00. The molecule has 0 aliphatic heterocycles. The number of sulfonamides is 1. The highest BCUT2D eigenvalue weighted by Gasteiger charge is 2.16. The molecule has 4 nitrogen and oxygen atoms in total. The van der Waals surface area contributed by atoms with Gasteiger partial charge in [0.15, 0.2) is 0 Å². The van der Waals surface area contributed by atoms with E-state index in [1.54, 1.807) is 24.3 Å². The third-order valence-corrected chi connectivity index (χ3v) is 4.84. The second-order valence-electron chi connectivity index (χ2n) is 5.25. The molecule has 2 aromatic rings. The maximum atomic E-state index is 12.2. The van der Waals surface area contributed by atoms with Crippen LogP contribution in [0, 0.1) is 12.8 Å². The van der Waals surface area contributed by atoms with Crippen molar-refractivity contribution < 1.29 is 13.2 Å². The molecule has 1 unspecified atom stereocenters. The second-order valence-corrected chi connectivity index (χ2v) is 7.02. The van der Waals surface area contributed by atoms with Gasteiger partial charge in [-0.05, 0) is 31.0 Å². The van der Waals surface area contributed by atoms with Crippen molar-refractivity contribution in [3.63, 3.8) is 0 Å². The van der Waals surface area contributed by atoms with Crippen molar-refractivity contribution in [3.8, 4) is 0 Å². The SMILES string of the molecule is Cc1ccc(S(=O)(=O)NCC(C=O)Cc2ccccc2)cc1. The van der Waals surface area contributed by atoms with E-state index < -0.39 is 10.0 Å². The molecule has 0 spiro atoms. The first kappa shape index (κ1) is 16.4. The fourth-order valence-electron chi connectivity index (χ4n) is 2.10. The van der Waals surface area contributed by atoms with Gasteiger partial charge >= 0.3 is 0 Å². The van der Waals surface area contributed by atoms with Gasteiger partial charge < -0.3 is 4.79 Å². The molecule has 5 heteroatoms. The average Bonchev–Trinajstić information content (AvgIpc) is 2.53. The van der Waals surface area contributed by atoms with E-state index in [-0.39, 0.29) is 17.4 Å². The summed E-state index contributed by atoms with van der Waals surface area (Å²) in [5.74, 6) is -0.386. The van der Waals surface area contributed by atoms with Crippen molar-refractivity contribution in [2.24, 2.45) is 5.92 Å². The van der Waals surface area contributed by atoms with Gasteiger partial charge in [0.2, 0.25) is 10.0 Å². The van der Waals surface area contributed by atoms with Gasteiger partial charge in [-0.25, -0.2) is 13.1 Å². The summed E-state index contributed by atoms with van der Waals surface area (Å²) >= 11 is 0. The lowest BCUT2D eigenvalue weighted by Gasteiger charge is -2.12. The summed E-state index contributed by atoms with van der Waals surface area (Å²) in [6.07, 6.45) is 1.31. The minimum Gasteiger partial charge on any atom is -0.303 e. The number of benzene rings is 2. The van der Waals surface area contributed by atoms with Crippen LogP contribution in [0.3, 0.4) is 0 Å². The first-order valence-corrected chi connectivity index (χ1v) is 8.55. The number of aldehydes is 1. The second kappa shape index (κ2) is 7.33. The third-order valence-electron chi connectivity index (χ3n) is 3.40. The van der Waals surface area contributed by atoms with Crippen molar-refractivity contribution in [2.45, 2.75) is 18.2 Å². The molecular formula is C17H19NO3S. The molecule has 1 atom stereocenters. The zero-order chi connectivity index (χ0) is 16.0. The maximum Gasteiger partial charge on any atom is 0.240 e. The Labute approximate surface area is 131 Å². The minimum absolute atomic E-state index is 0.0919. The molecule has 0 saturated carbocycles. The molecule has 116 valence electrons. The van der Waals surface area contributed by atoms with Gasteiger partial charge in [0.25, 0.3) is 0 Å². The summed E-state index contributed by atoms with van der Waals surface area (Å²) in [6, 6.07) is 16.2. The highest BCUT2D eigenvalue weighted by atomic mass is 32.2. The van der Waals surface area contributed by atoms with Gasteiger partial charge in [-0.3, -0.25) is 0 Å². The number of rotatable bonds is 7. The van der Waals surface area contributed by atoms with Gasteiger partial charge in [-0.1, -0.05) is 48.0 Å². The van der Waals surface area contributed by atoms with Crippen LogP contribution in [0.4, 0.5) is 0 Å². The molecule has 0 aromatic heterocycles. The molecule has 0 radical (unpaired) electrons. The van der Waals surface area contributed by atoms with Crippen LogP contribution in [-0.4, -0.2) is 21.2 Å². The number of carbonyl (C=O) groups is 1. The topological polar surface area (TPSA) is 63.2 Å². The first-order valence-electron chi connectivity index (χ1n) is 7.07. The summed E-state index contributed by atoms with van der Waals surface area (Å²) in [6.45, 7) is 1.99. The summed E-state index contributed by atoms with van der Waals surface area (Å²) in [7, 11) is -3.58. The lowest BCUT2D eigenvalue weighted by Crippen LogP contribution is -2.31. The molecule has 0 heterocycles. The fraction of sp³-hybridized carbons (Fsp3) is 0.235. The molecule has 0 amide bonds. The van der Waals surface area contributed by atoms with Gasteiger partial charge in [-0.2, -0.15) is 0 Å². The monoisotopic (exact) mass is 317 g/mol. The van der Waals surface area contributed by atoms with E-state index in [1.165, 1.54) is 0 Å². The summed E-state index contributed by atoms with van der Waals surface area (Å²) < 4.78 is 26.9. The van der Waals surface area contributed by atoms with Crippen molar-refractivity contribution in [3.05, 3.63) is 65.7 Å². The van der Waals surface area contributed by atoms with Crippen molar-refractivity contribution >= 4 is 16.3 Å². The van der Waals surface area contributed by atoms with Crippen LogP contribution < -0.4 is 4.72 Å². The Morgan fingerprint density at radius 1 is 1.05 bits per heavy atom. The Kier molecular flexibility index (Phi) is 5.46. The van der Waals surface area contributed by atoms with Gasteiger partial charge in [-0.15, -0.1) is 0 Å². The van der Waals surface area contributed by atoms with E-state index in [9.17, 15) is 13.2 Å². The number of carbonyl (C=O) groups excluding carboxylic acids is 1. The highest BCUT2D eigenvalue weighted by Crippen LogP contribution is 2.11. The molecule has 0 aliphatic carbocycles. The van der Waals surface area contributed by atoms with Crippen LogP contribution in [0.15, 0.2) is 59.5 Å². The molecule has 1 N–H and O–H groups in total. The normalized spacial score (nSPS) is 12.8. The third kappa shape index (κ3) is 4.51. The Hall–Kier alpha value is -1.98. The summed E-state index contributed by atoms with van der Waals surface area (Å²) in [5.41, 5.74) is 2.00. The van der Waals surface area contributed by atoms with E-state index >= 15 is 0 Å². The van der Waals surface area contributed by atoms with Crippen LogP contribution in [0.5, 0.6) is 0 Å². The van der Waals surface area contributed by atoms with Crippen LogP contribution in [0.2, 0.25) is 0 Å². The standard InChI is InChI=1S/C17H19NO3S/c1-14-7-9-17(10-8-14)22(20,21)18-12-16(13-19)11-15-5-3-2-4-6-15/h2-10,13,16,18H,11-12H2,1H3. The number of nitrogens with one attached hydrogen (secondary N) is 1. The summed E-state index contributed by atoms with van der Waals surface area (Å²) in [4.78, 5) is 11.4. The summed E-state index contributed by atoms with van der Waals surface area (Å²) in [5, 5.41) is 0. The Morgan fingerprint density at radius 3 is 2.27 bits per heavy atom. The molecule has 2 rings (SSSR count). The number of hydrogen-bond donors (Lipinski definition) is 1. The lowest BCUT2D eigenvalue weighted by molar-refractivity contribution is -0.110. The quantitative estimate of drug-likeness (QED) is 0.797. The van der Waals surface area contributed by atoms with Crippen molar-refractivity contribution in [1.29, 1.82) is 0 Å². The number of hydrogen-bond acceptors (Lipinski definition) is 3. The zero-order valence-electron chi connectivity index (χ0n) is 12.4. The van der Waals surface area contributed by atoms with Crippen LogP contribution in [-0.2, 0) is 21.2 Å². The lowest BCUT2D eigenvalue weighted by atomic mass is 10.0. The molecule has 0 saturated heterocycles. The zero-order valence-corrected chi connectivity index (χ0v) is 13.2. The van der Waals surface area contributed by atoms with E-state index in [0.717, 1.165) is 17.4 Å². The van der Waals surface area contributed by atoms with Crippen molar-refractivity contribution in [1.82, 2.24) is 4.72 Å². The molecule has 0 aliphatic rings. The van der Waals surface area contributed by atoms with Gasteiger partial charge in [0.05, 0.1) is 4.90 Å². The Bertz CT molecular complexity index is 709. The van der Waals surface area contributed by atoms with E-state index in [2.05, 4.69) is 4.72 Å². The maximum absolute atomic E-state index is 12.2. The predicted molar refractivity (Wildman–Crippen MR) is 86.1 cm³/mol. The minimum atomic E-state index is -3.58. The Morgan fingerprint density at radius 2 is 1.68 bits per heavy atom. The van der Waals surface area contributed by atoms with E-state index in [0.29, 0.717) is 6.42 Å². The van der Waals surface area contributed by atoms with Crippen molar-refractivity contribution in [2.75, 3.05) is 6.54 Å². The average molecular weight is 317 g/mol. The van der Waals surface area contributed by atoms with Crippen LogP contribution >= 0.6 is 0 Å². The fourth-order valence-corrected chi connectivity index (χ4v) is 3.20. The highest BCUT2D eigenvalue weighted by molar-refractivity contribution is 7.89. The molecule has 0 fully saturated rings. The predicted octanol–water partition coefficient (Wildman–Crippen LogP) is 2.33. The molecular weight excluding hydrogens is 298 g/mol. The van der Waals surface area contributed by atoms with Gasteiger partial charge in [0.1, 0.15) is 6.29 Å². The largest absolute Gasteiger partial charge is 0.303 e.